The number of nitrogens with zero attached hydrogens (tertiary/aromatic N) is 3. The summed E-state index contributed by atoms with van der Waals surface area (Å²) < 4.78 is 2.02. The summed E-state index contributed by atoms with van der Waals surface area (Å²) in [5.41, 5.74) is 2.38. The Labute approximate surface area is 95.4 Å². The zero-order valence-electron chi connectivity index (χ0n) is 9.59. The molecule has 1 atom stereocenters. The van der Waals surface area contributed by atoms with Gasteiger partial charge in [-0.05, 0) is 18.6 Å². The lowest BCUT2D eigenvalue weighted by Gasteiger charge is -2.13. The quantitative estimate of drug-likeness (QED) is 0.845. The van der Waals surface area contributed by atoms with Gasteiger partial charge in [0, 0.05) is 38.2 Å². The Balaban J connectivity index is 1.94. The summed E-state index contributed by atoms with van der Waals surface area (Å²) in [7, 11) is 2.00. The Hall–Kier alpha value is -1.68. The first-order chi connectivity index (χ1) is 7.77. The molecule has 2 rings (SSSR count). The zero-order chi connectivity index (χ0) is 11.4. The summed E-state index contributed by atoms with van der Waals surface area (Å²) in [6.45, 7) is 2.94. The first-order valence-corrected chi connectivity index (χ1v) is 5.36. The van der Waals surface area contributed by atoms with Crippen molar-refractivity contribution < 1.29 is 0 Å². The molecule has 0 saturated carbocycles. The third-order valence-corrected chi connectivity index (χ3v) is 2.69. The Morgan fingerprint density at radius 1 is 1.38 bits per heavy atom. The second kappa shape index (κ2) is 4.90. The van der Waals surface area contributed by atoms with Crippen LogP contribution >= 0.6 is 0 Å². The molecule has 0 amide bonds. The van der Waals surface area contributed by atoms with Gasteiger partial charge in [-0.1, -0.05) is 6.07 Å². The highest BCUT2D eigenvalue weighted by atomic mass is 15.0. The van der Waals surface area contributed by atoms with Crippen LogP contribution in [0, 0.1) is 0 Å². The van der Waals surface area contributed by atoms with E-state index in [-0.39, 0.29) is 0 Å². The molecular formula is C12H16N4. The number of hydrogen-bond acceptors (Lipinski definition) is 3. The van der Waals surface area contributed by atoms with Gasteiger partial charge in [-0.3, -0.25) is 4.98 Å². The molecule has 0 spiro atoms. The molecule has 84 valence electrons. The summed E-state index contributed by atoms with van der Waals surface area (Å²) in [6, 6.07) is 4.33. The van der Waals surface area contributed by atoms with Crippen molar-refractivity contribution in [3.05, 3.63) is 48.3 Å². The van der Waals surface area contributed by atoms with Crippen molar-refractivity contribution in [1.29, 1.82) is 0 Å². The molecule has 2 aromatic rings. The van der Waals surface area contributed by atoms with Crippen LogP contribution in [0.2, 0.25) is 0 Å². The molecule has 0 fully saturated rings. The predicted molar refractivity (Wildman–Crippen MR) is 62.7 cm³/mol. The fraction of sp³-hybridized carbons (Fsp3) is 0.333. The number of imidazole rings is 1. The highest BCUT2D eigenvalue weighted by Crippen LogP contribution is 2.10. The van der Waals surface area contributed by atoms with Crippen LogP contribution in [0.4, 0.5) is 0 Å². The molecule has 0 aliphatic rings. The molecule has 0 aliphatic carbocycles. The number of aromatic nitrogens is 3. The summed E-state index contributed by atoms with van der Waals surface area (Å²) in [4.78, 5) is 8.19. The first-order valence-electron chi connectivity index (χ1n) is 5.36. The van der Waals surface area contributed by atoms with Crippen molar-refractivity contribution in [3.63, 3.8) is 0 Å². The Morgan fingerprint density at radius 2 is 2.25 bits per heavy atom. The molecule has 0 aliphatic heterocycles. The molecule has 4 heteroatoms. The van der Waals surface area contributed by atoms with Gasteiger partial charge >= 0.3 is 0 Å². The van der Waals surface area contributed by atoms with Crippen LogP contribution < -0.4 is 5.32 Å². The van der Waals surface area contributed by atoms with Crippen molar-refractivity contribution in [3.8, 4) is 0 Å². The molecule has 0 bridgehead atoms. The van der Waals surface area contributed by atoms with Gasteiger partial charge in [0.15, 0.2) is 0 Å². The predicted octanol–water partition coefficient (Wildman–Crippen LogP) is 1.67. The number of nitrogens with one attached hydrogen (secondary N) is 1. The topological polar surface area (TPSA) is 42.7 Å². The normalized spacial score (nSPS) is 12.6. The van der Waals surface area contributed by atoms with Crippen molar-refractivity contribution in [2.24, 2.45) is 7.05 Å². The molecule has 16 heavy (non-hydrogen) atoms. The van der Waals surface area contributed by atoms with Crippen LogP contribution in [0.5, 0.6) is 0 Å². The van der Waals surface area contributed by atoms with Gasteiger partial charge in [0.25, 0.3) is 0 Å². The van der Waals surface area contributed by atoms with Crippen LogP contribution in [-0.2, 0) is 13.6 Å². The minimum Gasteiger partial charge on any atom is -0.337 e. The molecule has 1 N–H and O–H groups in total. The smallest absolute Gasteiger partial charge is 0.0945 e. The van der Waals surface area contributed by atoms with Crippen LogP contribution in [-0.4, -0.2) is 14.5 Å². The van der Waals surface area contributed by atoms with E-state index in [1.54, 1.807) is 6.20 Å². The second-order valence-electron chi connectivity index (χ2n) is 3.88. The van der Waals surface area contributed by atoms with Crippen molar-refractivity contribution in [2.45, 2.75) is 19.5 Å². The fourth-order valence-corrected chi connectivity index (χ4v) is 1.56. The Morgan fingerprint density at radius 3 is 2.88 bits per heavy atom. The molecule has 0 saturated heterocycles. The van der Waals surface area contributed by atoms with Gasteiger partial charge in [-0.15, -0.1) is 0 Å². The van der Waals surface area contributed by atoms with Gasteiger partial charge in [-0.25, -0.2) is 4.98 Å². The molecule has 0 radical (unpaired) electrons. The average molecular weight is 216 g/mol. The average Bonchev–Trinajstić information content (AvgIpc) is 2.73. The maximum Gasteiger partial charge on any atom is 0.0945 e. The molecule has 2 aromatic heterocycles. The van der Waals surface area contributed by atoms with Crippen molar-refractivity contribution >= 4 is 0 Å². The van der Waals surface area contributed by atoms with Crippen LogP contribution in [0.3, 0.4) is 0 Å². The second-order valence-corrected chi connectivity index (χ2v) is 3.88. The molecule has 0 unspecified atom stereocenters. The van der Waals surface area contributed by atoms with E-state index in [0.717, 1.165) is 6.54 Å². The van der Waals surface area contributed by atoms with Crippen LogP contribution in [0.15, 0.2) is 37.1 Å². The third-order valence-electron chi connectivity index (χ3n) is 2.69. The van der Waals surface area contributed by atoms with Crippen molar-refractivity contribution in [1.82, 2.24) is 19.9 Å². The molecular weight excluding hydrogens is 200 g/mol. The fourth-order valence-electron chi connectivity index (χ4n) is 1.56. The first kappa shape index (κ1) is 10.8. The van der Waals surface area contributed by atoms with E-state index in [4.69, 9.17) is 0 Å². The summed E-state index contributed by atoms with van der Waals surface area (Å²) >= 11 is 0. The van der Waals surface area contributed by atoms with Crippen molar-refractivity contribution in [2.75, 3.05) is 0 Å². The minimum absolute atomic E-state index is 0.295. The van der Waals surface area contributed by atoms with E-state index in [0.29, 0.717) is 6.04 Å². The number of hydrogen-bond donors (Lipinski definition) is 1. The number of pyridine rings is 1. The molecule has 2 heterocycles. The maximum absolute atomic E-state index is 4.11. The monoisotopic (exact) mass is 216 g/mol. The molecule has 0 aromatic carbocycles. The zero-order valence-corrected chi connectivity index (χ0v) is 9.59. The van der Waals surface area contributed by atoms with Gasteiger partial charge in [0.05, 0.1) is 12.0 Å². The van der Waals surface area contributed by atoms with E-state index in [9.17, 15) is 0 Å². The highest BCUT2D eigenvalue weighted by molar-refractivity contribution is 5.13. The van der Waals surface area contributed by atoms with Gasteiger partial charge in [0.2, 0.25) is 0 Å². The van der Waals surface area contributed by atoms with E-state index in [1.807, 2.05) is 36.4 Å². The maximum atomic E-state index is 4.11. The summed E-state index contributed by atoms with van der Waals surface area (Å²) in [5.74, 6) is 0. The lowest BCUT2D eigenvalue weighted by Crippen LogP contribution is -2.19. The van der Waals surface area contributed by atoms with E-state index >= 15 is 0 Å². The standard InChI is InChI=1S/C12H16N4/c1-10(11-4-3-5-13-6-11)15-8-12-7-14-9-16(12)2/h3-7,9-10,15H,8H2,1-2H3/t10-/m1/s1. The largest absolute Gasteiger partial charge is 0.337 e. The van der Waals surface area contributed by atoms with Crippen LogP contribution in [0.1, 0.15) is 24.2 Å². The van der Waals surface area contributed by atoms with Gasteiger partial charge in [-0.2, -0.15) is 0 Å². The number of aryl methyl sites for hydroxylation is 1. The third kappa shape index (κ3) is 2.46. The van der Waals surface area contributed by atoms with E-state index < -0.39 is 0 Å². The molecule has 4 nitrogen and oxygen atoms in total. The van der Waals surface area contributed by atoms with E-state index in [2.05, 4.69) is 28.3 Å². The summed E-state index contributed by atoms with van der Waals surface area (Å²) in [5, 5.41) is 3.44. The SMILES string of the molecule is C[C@@H](NCc1cncn1C)c1cccnc1. The Bertz CT molecular complexity index is 435. The Kier molecular flexibility index (Phi) is 3.31. The van der Waals surface area contributed by atoms with E-state index in [1.165, 1.54) is 11.3 Å². The minimum atomic E-state index is 0.295. The number of rotatable bonds is 4. The van der Waals surface area contributed by atoms with Gasteiger partial charge in [0.1, 0.15) is 0 Å². The summed E-state index contributed by atoms with van der Waals surface area (Å²) in [6.07, 6.45) is 7.37. The van der Waals surface area contributed by atoms with Crippen LogP contribution in [0.25, 0.3) is 0 Å². The van der Waals surface area contributed by atoms with Gasteiger partial charge < -0.3 is 9.88 Å². The lowest BCUT2D eigenvalue weighted by molar-refractivity contribution is 0.556. The lowest BCUT2D eigenvalue weighted by atomic mass is 10.1. The highest BCUT2D eigenvalue weighted by Gasteiger charge is 2.05.